The molecule has 0 radical (unpaired) electrons. The summed E-state index contributed by atoms with van der Waals surface area (Å²) in [5.41, 5.74) is 1.24. The van der Waals surface area contributed by atoms with E-state index in [9.17, 15) is 10.1 Å². The Balaban J connectivity index is 1.98. The third-order valence-corrected chi connectivity index (χ3v) is 3.05. The highest BCUT2D eigenvalue weighted by Gasteiger charge is 2.22. The molecule has 18 heavy (non-hydrogen) atoms. The van der Waals surface area contributed by atoms with Gasteiger partial charge in [0.1, 0.15) is 0 Å². The molecule has 2 atom stereocenters. The second-order valence-corrected chi connectivity index (χ2v) is 4.87. The lowest BCUT2D eigenvalue weighted by Crippen LogP contribution is -2.44. The standard InChI is InChI=1S/C13H18N2O3/c1-10-7-14(8-11(2)18-10)9-12-3-5-13(6-4-12)15(16)17/h3-6,10-11H,7-9H2,1-2H3/t10-,11+. The zero-order valence-electron chi connectivity index (χ0n) is 10.7. The van der Waals surface area contributed by atoms with Gasteiger partial charge in [-0.2, -0.15) is 0 Å². The van der Waals surface area contributed by atoms with E-state index in [-0.39, 0.29) is 22.8 Å². The number of hydrogen-bond donors (Lipinski definition) is 0. The molecule has 0 bridgehead atoms. The van der Waals surface area contributed by atoms with Gasteiger partial charge in [0.15, 0.2) is 0 Å². The summed E-state index contributed by atoms with van der Waals surface area (Å²) in [5.74, 6) is 0. The van der Waals surface area contributed by atoms with Crippen LogP contribution in [0.15, 0.2) is 24.3 Å². The number of benzene rings is 1. The highest BCUT2D eigenvalue weighted by molar-refractivity contribution is 5.32. The van der Waals surface area contributed by atoms with Crippen LogP contribution in [0.2, 0.25) is 0 Å². The smallest absolute Gasteiger partial charge is 0.269 e. The van der Waals surface area contributed by atoms with Crippen LogP contribution in [0.5, 0.6) is 0 Å². The molecule has 98 valence electrons. The van der Waals surface area contributed by atoms with Crippen molar-refractivity contribution >= 4 is 5.69 Å². The van der Waals surface area contributed by atoms with Crippen molar-refractivity contribution in [1.82, 2.24) is 4.90 Å². The molecular weight excluding hydrogens is 232 g/mol. The van der Waals surface area contributed by atoms with Crippen molar-refractivity contribution in [3.63, 3.8) is 0 Å². The molecule has 0 aromatic heterocycles. The number of non-ortho nitro benzene ring substituents is 1. The third-order valence-electron chi connectivity index (χ3n) is 3.05. The number of ether oxygens (including phenoxy) is 1. The van der Waals surface area contributed by atoms with Gasteiger partial charge in [-0.05, 0) is 19.4 Å². The summed E-state index contributed by atoms with van der Waals surface area (Å²) in [4.78, 5) is 12.5. The van der Waals surface area contributed by atoms with Gasteiger partial charge in [0.05, 0.1) is 17.1 Å². The zero-order chi connectivity index (χ0) is 13.1. The van der Waals surface area contributed by atoms with Crippen LogP contribution in [-0.4, -0.2) is 35.1 Å². The van der Waals surface area contributed by atoms with E-state index in [2.05, 4.69) is 18.7 Å². The molecule has 1 aliphatic heterocycles. The average Bonchev–Trinajstić information content (AvgIpc) is 2.28. The molecule has 1 aliphatic rings. The average molecular weight is 250 g/mol. The third kappa shape index (κ3) is 3.27. The molecule has 0 unspecified atom stereocenters. The van der Waals surface area contributed by atoms with Gasteiger partial charge in [0, 0.05) is 31.8 Å². The second-order valence-electron chi connectivity index (χ2n) is 4.87. The topological polar surface area (TPSA) is 55.6 Å². The van der Waals surface area contributed by atoms with Crippen molar-refractivity contribution < 1.29 is 9.66 Å². The first-order valence-corrected chi connectivity index (χ1v) is 6.15. The second kappa shape index (κ2) is 5.46. The van der Waals surface area contributed by atoms with E-state index in [0.717, 1.165) is 25.2 Å². The molecule has 0 N–H and O–H groups in total. The van der Waals surface area contributed by atoms with Crippen molar-refractivity contribution in [1.29, 1.82) is 0 Å². The first-order valence-electron chi connectivity index (χ1n) is 6.15. The number of nitrogens with zero attached hydrogens (tertiary/aromatic N) is 2. The van der Waals surface area contributed by atoms with E-state index in [0.29, 0.717) is 0 Å². The van der Waals surface area contributed by atoms with E-state index in [4.69, 9.17) is 4.74 Å². The van der Waals surface area contributed by atoms with E-state index < -0.39 is 0 Å². The number of nitro benzene ring substituents is 1. The number of hydrogen-bond acceptors (Lipinski definition) is 4. The van der Waals surface area contributed by atoms with Crippen molar-refractivity contribution in [2.75, 3.05) is 13.1 Å². The lowest BCUT2D eigenvalue weighted by Gasteiger charge is -2.35. The SMILES string of the molecule is C[C@@H]1CN(Cc2ccc([N+](=O)[O-])cc2)C[C@H](C)O1. The Labute approximate surface area is 107 Å². The van der Waals surface area contributed by atoms with Crippen LogP contribution in [0.3, 0.4) is 0 Å². The predicted octanol–water partition coefficient (Wildman–Crippen LogP) is 2.20. The predicted molar refractivity (Wildman–Crippen MR) is 68.4 cm³/mol. The molecule has 1 heterocycles. The van der Waals surface area contributed by atoms with E-state index in [1.165, 1.54) is 0 Å². The summed E-state index contributed by atoms with van der Waals surface area (Å²) in [6, 6.07) is 6.76. The van der Waals surface area contributed by atoms with Crippen LogP contribution in [-0.2, 0) is 11.3 Å². The van der Waals surface area contributed by atoms with Crippen molar-refractivity contribution in [3.05, 3.63) is 39.9 Å². The van der Waals surface area contributed by atoms with Crippen LogP contribution >= 0.6 is 0 Å². The molecule has 0 amide bonds. The Morgan fingerprint density at radius 2 is 1.83 bits per heavy atom. The minimum atomic E-state index is -0.372. The van der Waals surface area contributed by atoms with E-state index >= 15 is 0 Å². The fourth-order valence-corrected chi connectivity index (χ4v) is 2.39. The van der Waals surface area contributed by atoms with E-state index in [1.807, 2.05) is 12.1 Å². The molecule has 0 saturated carbocycles. The molecule has 1 fully saturated rings. The molecule has 5 nitrogen and oxygen atoms in total. The normalized spacial score (nSPS) is 25.0. The largest absolute Gasteiger partial charge is 0.373 e. The minimum absolute atomic E-state index is 0.141. The van der Waals surface area contributed by atoms with Crippen molar-refractivity contribution in [2.45, 2.75) is 32.6 Å². The van der Waals surface area contributed by atoms with Crippen molar-refractivity contribution in [2.24, 2.45) is 0 Å². The fraction of sp³-hybridized carbons (Fsp3) is 0.538. The van der Waals surface area contributed by atoms with Gasteiger partial charge in [-0.3, -0.25) is 15.0 Å². The van der Waals surface area contributed by atoms with Crippen LogP contribution in [0, 0.1) is 10.1 Å². The van der Waals surface area contributed by atoms with Crippen LogP contribution in [0.1, 0.15) is 19.4 Å². The number of nitro groups is 1. The van der Waals surface area contributed by atoms with Gasteiger partial charge < -0.3 is 4.74 Å². The lowest BCUT2D eigenvalue weighted by molar-refractivity contribution is -0.384. The Bertz CT molecular complexity index is 409. The first kappa shape index (κ1) is 13.0. The molecule has 1 saturated heterocycles. The summed E-state index contributed by atoms with van der Waals surface area (Å²) in [6.07, 6.45) is 0.485. The Morgan fingerprint density at radius 1 is 1.28 bits per heavy atom. The fourth-order valence-electron chi connectivity index (χ4n) is 2.39. The van der Waals surface area contributed by atoms with Gasteiger partial charge >= 0.3 is 0 Å². The van der Waals surface area contributed by atoms with Gasteiger partial charge in [0.2, 0.25) is 0 Å². The zero-order valence-corrected chi connectivity index (χ0v) is 10.7. The maximum Gasteiger partial charge on any atom is 0.269 e. The highest BCUT2D eigenvalue weighted by atomic mass is 16.6. The molecule has 5 heteroatoms. The first-order chi connectivity index (χ1) is 8.54. The molecular formula is C13H18N2O3. The molecule has 1 aromatic carbocycles. The van der Waals surface area contributed by atoms with Gasteiger partial charge in [-0.25, -0.2) is 0 Å². The maximum absolute atomic E-state index is 10.6. The highest BCUT2D eigenvalue weighted by Crippen LogP contribution is 2.16. The Kier molecular flexibility index (Phi) is 3.93. The van der Waals surface area contributed by atoms with Crippen LogP contribution in [0.4, 0.5) is 5.69 Å². The maximum atomic E-state index is 10.6. The van der Waals surface area contributed by atoms with E-state index in [1.54, 1.807) is 12.1 Å². The lowest BCUT2D eigenvalue weighted by atomic mass is 10.1. The molecule has 2 rings (SSSR count). The summed E-state index contributed by atoms with van der Waals surface area (Å²) in [5, 5.41) is 10.6. The summed E-state index contributed by atoms with van der Waals surface area (Å²) < 4.78 is 5.67. The molecule has 0 aliphatic carbocycles. The summed E-state index contributed by atoms with van der Waals surface area (Å²) in [6.45, 7) is 6.76. The number of morpholine rings is 1. The minimum Gasteiger partial charge on any atom is -0.373 e. The van der Waals surface area contributed by atoms with Crippen LogP contribution in [0.25, 0.3) is 0 Å². The summed E-state index contributed by atoms with van der Waals surface area (Å²) >= 11 is 0. The van der Waals surface area contributed by atoms with Gasteiger partial charge in [-0.1, -0.05) is 12.1 Å². The van der Waals surface area contributed by atoms with Crippen molar-refractivity contribution in [3.8, 4) is 0 Å². The summed E-state index contributed by atoms with van der Waals surface area (Å²) in [7, 11) is 0. The van der Waals surface area contributed by atoms with Gasteiger partial charge in [-0.15, -0.1) is 0 Å². The monoisotopic (exact) mass is 250 g/mol. The number of rotatable bonds is 3. The molecule has 1 aromatic rings. The van der Waals surface area contributed by atoms with Crippen LogP contribution < -0.4 is 0 Å². The van der Waals surface area contributed by atoms with Gasteiger partial charge in [0.25, 0.3) is 5.69 Å². The molecule has 0 spiro atoms. The Morgan fingerprint density at radius 3 is 2.33 bits per heavy atom. The Hall–Kier alpha value is -1.46. The quantitative estimate of drug-likeness (QED) is 0.609.